The number of hydrogen-bond acceptors (Lipinski definition) is 2. The van der Waals surface area contributed by atoms with E-state index in [9.17, 15) is 0 Å². The van der Waals surface area contributed by atoms with Crippen molar-refractivity contribution in [3.05, 3.63) is 145 Å². The van der Waals surface area contributed by atoms with Crippen LogP contribution in [0.25, 0.3) is 72.3 Å². The number of hydrogen-bond donors (Lipinski definition) is 0. The highest BCUT2D eigenvalue weighted by atomic mass is 16.3. The number of aryl methyl sites for hydroxylation is 1. The van der Waals surface area contributed by atoms with E-state index in [1.54, 1.807) is 0 Å². The van der Waals surface area contributed by atoms with E-state index in [0.29, 0.717) is 0 Å². The maximum absolute atomic E-state index is 6.53. The summed E-state index contributed by atoms with van der Waals surface area (Å²) in [6.07, 6.45) is 0. The van der Waals surface area contributed by atoms with Crippen LogP contribution in [0.5, 0.6) is 0 Å². The maximum Gasteiger partial charge on any atom is 0.149 e. The van der Waals surface area contributed by atoms with Crippen molar-refractivity contribution < 1.29 is 4.42 Å². The quantitative estimate of drug-likeness (QED) is 0.228. The van der Waals surface area contributed by atoms with Crippen LogP contribution in [0.4, 0.5) is 0 Å². The first-order chi connectivity index (χ1) is 20.3. The number of benzene rings is 6. The molecule has 41 heavy (non-hydrogen) atoms. The third-order valence-electron chi connectivity index (χ3n) is 7.88. The molecule has 194 valence electrons. The lowest BCUT2D eigenvalue weighted by Crippen LogP contribution is -2.03. The van der Waals surface area contributed by atoms with Gasteiger partial charge in [-0.15, -0.1) is 0 Å². The van der Waals surface area contributed by atoms with Gasteiger partial charge in [-0.2, -0.15) is 0 Å². The molecule has 0 saturated carbocycles. The summed E-state index contributed by atoms with van der Waals surface area (Å²) in [5, 5.41) is 2.20. The molecule has 0 fully saturated rings. The molecule has 8 aromatic rings. The molecule has 0 bridgehead atoms. The summed E-state index contributed by atoms with van der Waals surface area (Å²) in [4.78, 5) is 5.31. The van der Waals surface area contributed by atoms with Crippen molar-refractivity contribution in [1.82, 2.24) is 9.55 Å². The lowest BCUT2D eigenvalue weighted by molar-refractivity contribution is 0.669. The van der Waals surface area contributed by atoms with Gasteiger partial charge in [-0.3, -0.25) is 4.57 Å². The Morgan fingerprint density at radius 3 is 1.90 bits per heavy atom. The van der Waals surface area contributed by atoms with Gasteiger partial charge in [0, 0.05) is 21.9 Å². The van der Waals surface area contributed by atoms with Crippen molar-refractivity contribution in [3.63, 3.8) is 0 Å². The van der Waals surface area contributed by atoms with Gasteiger partial charge in [0.15, 0.2) is 0 Å². The fourth-order valence-electron chi connectivity index (χ4n) is 6.01. The summed E-state index contributed by atoms with van der Waals surface area (Å²) in [5.41, 5.74) is 11.6. The lowest BCUT2D eigenvalue weighted by atomic mass is 9.95. The predicted octanol–water partition coefficient (Wildman–Crippen LogP) is 10.2. The highest BCUT2D eigenvalue weighted by Crippen LogP contribution is 2.42. The highest BCUT2D eigenvalue weighted by molar-refractivity contribution is 6.09. The average Bonchev–Trinajstić information content (AvgIpc) is 3.59. The smallest absolute Gasteiger partial charge is 0.149 e. The minimum absolute atomic E-state index is 0.848. The van der Waals surface area contributed by atoms with Crippen molar-refractivity contribution in [2.24, 2.45) is 0 Å². The standard InChI is InChI=1S/C38H26N2O/c1-25-22-23-34-33(24-25)39-38(32-20-11-19-31-30-16-8-9-21-35(30)41-37(31)32)40(34)36-28(26-12-4-2-5-13-26)17-10-18-29(36)27-14-6-3-7-15-27/h2-24H,1H3. The summed E-state index contributed by atoms with van der Waals surface area (Å²) in [6, 6.07) is 48.9. The fourth-order valence-corrected chi connectivity index (χ4v) is 6.01. The second-order valence-electron chi connectivity index (χ2n) is 10.5. The van der Waals surface area contributed by atoms with Crippen molar-refractivity contribution >= 4 is 33.0 Å². The van der Waals surface area contributed by atoms with Crippen LogP contribution in [0.15, 0.2) is 144 Å². The molecule has 0 aliphatic heterocycles. The van der Waals surface area contributed by atoms with Crippen LogP contribution < -0.4 is 0 Å². The normalized spacial score (nSPS) is 11.5. The molecule has 0 amide bonds. The summed E-state index contributed by atoms with van der Waals surface area (Å²) >= 11 is 0. The number of rotatable bonds is 4. The van der Waals surface area contributed by atoms with Gasteiger partial charge in [-0.1, -0.05) is 115 Å². The lowest BCUT2D eigenvalue weighted by Gasteiger charge is -2.19. The monoisotopic (exact) mass is 526 g/mol. The van der Waals surface area contributed by atoms with E-state index >= 15 is 0 Å². The Bertz CT molecular complexity index is 2150. The predicted molar refractivity (Wildman–Crippen MR) is 169 cm³/mol. The van der Waals surface area contributed by atoms with Gasteiger partial charge in [0.1, 0.15) is 17.0 Å². The van der Waals surface area contributed by atoms with E-state index in [2.05, 4.69) is 139 Å². The SMILES string of the molecule is Cc1ccc2c(c1)nc(-c1cccc3c1oc1ccccc13)n2-c1c(-c2ccccc2)cccc1-c1ccccc1. The Hall–Kier alpha value is -5.41. The van der Waals surface area contributed by atoms with E-state index in [1.807, 2.05) is 12.1 Å². The van der Waals surface area contributed by atoms with Crippen molar-refractivity contribution in [2.75, 3.05) is 0 Å². The van der Waals surface area contributed by atoms with Crippen LogP contribution in [-0.2, 0) is 0 Å². The van der Waals surface area contributed by atoms with Crippen LogP contribution in [-0.4, -0.2) is 9.55 Å². The molecule has 0 radical (unpaired) electrons. The number of imidazole rings is 1. The number of para-hydroxylation sites is 3. The van der Waals surface area contributed by atoms with Gasteiger partial charge >= 0.3 is 0 Å². The first-order valence-electron chi connectivity index (χ1n) is 13.9. The molecule has 3 heteroatoms. The Labute approximate surface area is 238 Å². The number of furan rings is 1. The Balaban J connectivity index is 1.53. The zero-order valence-electron chi connectivity index (χ0n) is 22.6. The van der Waals surface area contributed by atoms with Gasteiger partial charge in [0.2, 0.25) is 0 Å². The van der Waals surface area contributed by atoms with E-state index in [0.717, 1.165) is 72.3 Å². The van der Waals surface area contributed by atoms with E-state index in [1.165, 1.54) is 5.56 Å². The first-order valence-corrected chi connectivity index (χ1v) is 13.9. The van der Waals surface area contributed by atoms with Gasteiger partial charge < -0.3 is 4.42 Å². The molecule has 0 aliphatic rings. The average molecular weight is 527 g/mol. The van der Waals surface area contributed by atoms with E-state index in [4.69, 9.17) is 9.40 Å². The van der Waals surface area contributed by atoms with E-state index in [-0.39, 0.29) is 0 Å². The zero-order valence-corrected chi connectivity index (χ0v) is 22.6. The maximum atomic E-state index is 6.53. The molecule has 0 aliphatic carbocycles. The van der Waals surface area contributed by atoms with Crippen molar-refractivity contribution in [1.29, 1.82) is 0 Å². The van der Waals surface area contributed by atoms with Crippen molar-refractivity contribution in [3.8, 4) is 39.3 Å². The number of nitrogens with zero attached hydrogens (tertiary/aromatic N) is 2. The summed E-state index contributed by atoms with van der Waals surface area (Å²) < 4.78 is 8.86. The third kappa shape index (κ3) is 3.78. The Kier molecular flexibility index (Phi) is 5.36. The molecule has 2 aromatic heterocycles. The van der Waals surface area contributed by atoms with Crippen molar-refractivity contribution in [2.45, 2.75) is 6.92 Å². The Morgan fingerprint density at radius 2 is 1.17 bits per heavy atom. The zero-order chi connectivity index (χ0) is 27.3. The van der Waals surface area contributed by atoms with Crippen LogP contribution in [0, 0.1) is 6.92 Å². The molecule has 0 N–H and O–H groups in total. The topological polar surface area (TPSA) is 31.0 Å². The molecule has 8 rings (SSSR count). The molecular formula is C38H26N2O. The first kappa shape index (κ1) is 23.5. The van der Waals surface area contributed by atoms with E-state index < -0.39 is 0 Å². The van der Waals surface area contributed by atoms with Crippen LogP contribution in [0.3, 0.4) is 0 Å². The second-order valence-corrected chi connectivity index (χ2v) is 10.5. The number of fused-ring (bicyclic) bond motifs is 4. The summed E-state index contributed by atoms with van der Waals surface area (Å²) in [6.45, 7) is 2.12. The molecule has 0 spiro atoms. The van der Waals surface area contributed by atoms with Crippen LogP contribution >= 0.6 is 0 Å². The second kappa shape index (κ2) is 9.35. The van der Waals surface area contributed by atoms with Crippen LogP contribution in [0.1, 0.15) is 5.56 Å². The summed E-state index contributed by atoms with van der Waals surface area (Å²) in [5.74, 6) is 0.857. The highest BCUT2D eigenvalue weighted by Gasteiger charge is 2.23. The third-order valence-corrected chi connectivity index (χ3v) is 7.88. The largest absolute Gasteiger partial charge is 0.455 e. The fraction of sp³-hybridized carbons (Fsp3) is 0.0263. The minimum atomic E-state index is 0.848. The Morgan fingerprint density at radius 1 is 0.561 bits per heavy atom. The van der Waals surface area contributed by atoms with Gasteiger partial charge in [-0.05, 0) is 47.9 Å². The molecule has 0 atom stereocenters. The van der Waals surface area contributed by atoms with Gasteiger partial charge in [0.25, 0.3) is 0 Å². The molecular weight excluding hydrogens is 500 g/mol. The molecule has 0 saturated heterocycles. The van der Waals surface area contributed by atoms with Gasteiger partial charge in [0.05, 0.1) is 22.3 Å². The molecule has 0 unspecified atom stereocenters. The minimum Gasteiger partial charge on any atom is -0.455 e. The number of aromatic nitrogens is 2. The molecule has 2 heterocycles. The molecule has 6 aromatic carbocycles. The summed E-state index contributed by atoms with van der Waals surface area (Å²) in [7, 11) is 0. The molecule has 3 nitrogen and oxygen atoms in total. The van der Waals surface area contributed by atoms with Gasteiger partial charge in [-0.25, -0.2) is 4.98 Å². The van der Waals surface area contributed by atoms with Crippen LogP contribution in [0.2, 0.25) is 0 Å².